The Morgan fingerprint density at radius 3 is 2.88 bits per heavy atom. The molecule has 0 atom stereocenters. The van der Waals surface area contributed by atoms with Crippen LogP contribution < -0.4 is 0 Å². The normalized spacial score (nSPS) is 10.6. The summed E-state index contributed by atoms with van der Waals surface area (Å²) in [6, 6.07) is 1.86. The lowest BCUT2D eigenvalue weighted by Gasteiger charge is -1.98. The highest BCUT2D eigenvalue weighted by Gasteiger charge is 2.05. The molecule has 0 N–H and O–H groups in total. The first-order chi connectivity index (χ1) is 7.69. The molecule has 2 aromatic heterocycles. The fraction of sp³-hybridized carbons (Fsp3) is 0.333. The van der Waals surface area contributed by atoms with E-state index in [0.29, 0.717) is 6.42 Å². The fourth-order valence-electron chi connectivity index (χ4n) is 1.67. The van der Waals surface area contributed by atoms with E-state index in [2.05, 4.69) is 5.10 Å². The standard InChI is InChI=1S/C12H15N3O/c1-3-12(16)11-4-5-15(9-11)8-10-6-13-14(2)7-10/h4-7,9H,3,8H2,1-2H3. The Balaban J connectivity index is 2.11. The number of Topliss-reactive ketones (excluding diaryl/α,β-unsaturated/α-hetero) is 1. The molecule has 2 rings (SSSR count). The second-order valence-electron chi connectivity index (χ2n) is 3.87. The van der Waals surface area contributed by atoms with Crippen LogP contribution in [0, 0.1) is 0 Å². The molecule has 0 aliphatic heterocycles. The van der Waals surface area contributed by atoms with E-state index in [1.54, 1.807) is 4.68 Å². The van der Waals surface area contributed by atoms with Gasteiger partial charge in [0, 0.05) is 43.2 Å². The Morgan fingerprint density at radius 1 is 1.44 bits per heavy atom. The molecule has 0 aliphatic carbocycles. The topological polar surface area (TPSA) is 39.8 Å². The zero-order valence-corrected chi connectivity index (χ0v) is 9.55. The van der Waals surface area contributed by atoms with E-state index in [1.165, 1.54) is 0 Å². The van der Waals surface area contributed by atoms with Gasteiger partial charge >= 0.3 is 0 Å². The molecule has 0 saturated heterocycles. The van der Waals surface area contributed by atoms with Crippen molar-refractivity contribution < 1.29 is 4.79 Å². The van der Waals surface area contributed by atoms with Crippen LogP contribution in [0.25, 0.3) is 0 Å². The van der Waals surface area contributed by atoms with Crippen LogP contribution in [0.3, 0.4) is 0 Å². The molecule has 0 aliphatic rings. The summed E-state index contributed by atoms with van der Waals surface area (Å²) in [6.45, 7) is 2.63. The highest BCUT2D eigenvalue weighted by molar-refractivity contribution is 5.95. The third-order valence-corrected chi connectivity index (χ3v) is 2.52. The van der Waals surface area contributed by atoms with E-state index in [4.69, 9.17) is 0 Å². The van der Waals surface area contributed by atoms with Crippen molar-refractivity contribution in [3.8, 4) is 0 Å². The molecule has 2 aromatic rings. The molecule has 84 valence electrons. The number of carbonyl (C=O) groups excluding carboxylic acids is 1. The minimum absolute atomic E-state index is 0.185. The Morgan fingerprint density at radius 2 is 2.25 bits per heavy atom. The first-order valence-electron chi connectivity index (χ1n) is 5.35. The SMILES string of the molecule is CCC(=O)c1ccn(Cc2cnn(C)c2)c1. The Labute approximate surface area is 94.5 Å². The Kier molecular flexibility index (Phi) is 2.90. The summed E-state index contributed by atoms with van der Waals surface area (Å²) in [5, 5.41) is 4.11. The van der Waals surface area contributed by atoms with Gasteiger partial charge in [-0.2, -0.15) is 5.10 Å². The number of aryl methyl sites for hydroxylation is 1. The smallest absolute Gasteiger partial charge is 0.164 e. The van der Waals surface area contributed by atoms with Crippen LogP contribution in [-0.4, -0.2) is 20.1 Å². The zero-order chi connectivity index (χ0) is 11.5. The van der Waals surface area contributed by atoms with E-state index >= 15 is 0 Å². The van der Waals surface area contributed by atoms with Gasteiger partial charge in [-0.3, -0.25) is 9.48 Å². The van der Waals surface area contributed by atoms with Crippen LogP contribution in [-0.2, 0) is 13.6 Å². The van der Waals surface area contributed by atoms with Crippen LogP contribution in [0.5, 0.6) is 0 Å². The second-order valence-corrected chi connectivity index (χ2v) is 3.87. The molecule has 0 amide bonds. The van der Waals surface area contributed by atoms with Gasteiger partial charge in [-0.1, -0.05) is 6.92 Å². The molecular formula is C12H15N3O. The summed E-state index contributed by atoms with van der Waals surface area (Å²) in [5.41, 5.74) is 1.92. The summed E-state index contributed by atoms with van der Waals surface area (Å²) < 4.78 is 3.77. The molecular weight excluding hydrogens is 202 g/mol. The third-order valence-electron chi connectivity index (χ3n) is 2.52. The van der Waals surface area contributed by atoms with Gasteiger partial charge in [0.25, 0.3) is 0 Å². The second kappa shape index (κ2) is 4.35. The van der Waals surface area contributed by atoms with E-state index in [9.17, 15) is 4.79 Å². The van der Waals surface area contributed by atoms with Crippen molar-refractivity contribution in [2.45, 2.75) is 19.9 Å². The molecule has 0 saturated carbocycles. The first-order valence-corrected chi connectivity index (χ1v) is 5.35. The van der Waals surface area contributed by atoms with Gasteiger partial charge < -0.3 is 4.57 Å². The maximum absolute atomic E-state index is 11.5. The minimum Gasteiger partial charge on any atom is -0.349 e. The largest absolute Gasteiger partial charge is 0.349 e. The highest BCUT2D eigenvalue weighted by Crippen LogP contribution is 2.07. The van der Waals surface area contributed by atoms with Crippen molar-refractivity contribution in [1.29, 1.82) is 0 Å². The van der Waals surface area contributed by atoms with Crippen LogP contribution in [0.1, 0.15) is 29.3 Å². The molecule has 4 nitrogen and oxygen atoms in total. The van der Waals surface area contributed by atoms with Crippen LogP contribution >= 0.6 is 0 Å². The summed E-state index contributed by atoms with van der Waals surface area (Å²) >= 11 is 0. The zero-order valence-electron chi connectivity index (χ0n) is 9.55. The Bertz CT molecular complexity index is 496. The van der Waals surface area contributed by atoms with Crippen LogP contribution in [0.15, 0.2) is 30.9 Å². The number of hydrogen-bond acceptors (Lipinski definition) is 2. The average molecular weight is 217 g/mol. The summed E-state index contributed by atoms with van der Waals surface area (Å²) in [4.78, 5) is 11.5. The predicted octanol–water partition coefficient (Wildman–Crippen LogP) is 1.86. The number of hydrogen-bond donors (Lipinski definition) is 0. The lowest BCUT2D eigenvalue weighted by atomic mass is 10.2. The molecule has 0 fully saturated rings. The van der Waals surface area contributed by atoms with E-state index in [1.807, 2.05) is 49.4 Å². The van der Waals surface area contributed by atoms with Crippen molar-refractivity contribution >= 4 is 5.78 Å². The number of nitrogens with zero attached hydrogens (tertiary/aromatic N) is 3. The monoisotopic (exact) mass is 217 g/mol. The molecule has 2 heterocycles. The molecule has 0 bridgehead atoms. The molecule has 16 heavy (non-hydrogen) atoms. The number of rotatable bonds is 4. The molecule has 0 unspecified atom stereocenters. The lowest BCUT2D eigenvalue weighted by Crippen LogP contribution is -1.97. The number of ketones is 1. The van der Waals surface area contributed by atoms with Crippen molar-refractivity contribution in [3.63, 3.8) is 0 Å². The van der Waals surface area contributed by atoms with Gasteiger partial charge in [0.05, 0.1) is 12.7 Å². The van der Waals surface area contributed by atoms with Gasteiger partial charge in [0.15, 0.2) is 5.78 Å². The van der Waals surface area contributed by atoms with E-state index in [0.717, 1.165) is 17.7 Å². The van der Waals surface area contributed by atoms with Gasteiger partial charge in [-0.05, 0) is 6.07 Å². The van der Waals surface area contributed by atoms with Gasteiger partial charge in [-0.15, -0.1) is 0 Å². The number of aromatic nitrogens is 3. The van der Waals surface area contributed by atoms with Gasteiger partial charge in [-0.25, -0.2) is 0 Å². The van der Waals surface area contributed by atoms with Crippen LogP contribution in [0.2, 0.25) is 0 Å². The van der Waals surface area contributed by atoms with Crippen molar-refractivity contribution in [3.05, 3.63) is 42.0 Å². The minimum atomic E-state index is 0.185. The maximum atomic E-state index is 11.5. The molecule has 0 radical (unpaired) electrons. The van der Waals surface area contributed by atoms with Crippen molar-refractivity contribution in [2.24, 2.45) is 7.05 Å². The summed E-state index contributed by atoms with van der Waals surface area (Å²) in [5.74, 6) is 0.185. The van der Waals surface area contributed by atoms with Crippen molar-refractivity contribution in [1.82, 2.24) is 14.3 Å². The Hall–Kier alpha value is -1.84. The lowest BCUT2D eigenvalue weighted by molar-refractivity contribution is 0.0988. The first kappa shape index (κ1) is 10.7. The molecule has 0 spiro atoms. The summed E-state index contributed by atoms with van der Waals surface area (Å²) in [6.07, 6.45) is 8.17. The molecule has 0 aromatic carbocycles. The van der Waals surface area contributed by atoms with E-state index in [-0.39, 0.29) is 5.78 Å². The van der Waals surface area contributed by atoms with Gasteiger partial charge in [0.2, 0.25) is 0 Å². The van der Waals surface area contributed by atoms with E-state index < -0.39 is 0 Å². The van der Waals surface area contributed by atoms with Crippen molar-refractivity contribution in [2.75, 3.05) is 0 Å². The summed E-state index contributed by atoms with van der Waals surface area (Å²) in [7, 11) is 1.89. The number of carbonyl (C=O) groups is 1. The highest BCUT2D eigenvalue weighted by atomic mass is 16.1. The fourth-order valence-corrected chi connectivity index (χ4v) is 1.67. The third kappa shape index (κ3) is 2.21. The molecule has 4 heteroatoms. The predicted molar refractivity (Wildman–Crippen MR) is 61.4 cm³/mol. The average Bonchev–Trinajstić information content (AvgIpc) is 2.87. The van der Waals surface area contributed by atoms with Gasteiger partial charge in [0.1, 0.15) is 0 Å². The quantitative estimate of drug-likeness (QED) is 0.733. The van der Waals surface area contributed by atoms with Crippen LogP contribution in [0.4, 0.5) is 0 Å². The maximum Gasteiger partial charge on any atom is 0.164 e.